The Balaban J connectivity index is 2.15. The van der Waals surface area contributed by atoms with Crippen molar-refractivity contribution in [2.75, 3.05) is 0 Å². The number of allylic oxidation sites excluding steroid dienone is 2. The monoisotopic (exact) mass is 621 g/mol. The van der Waals surface area contributed by atoms with Crippen molar-refractivity contribution in [2.45, 2.75) is 91.1 Å². The van der Waals surface area contributed by atoms with Gasteiger partial charge in [-0.1, -0.05) is 14.3 Å². The average molecular weight is 624 g/mol. The van der Waals surface area contributed by atoms with Gasteiger partial charge < -0.3 is 0 Å². The first-order valence-corrected chi connectivity index (χ1v) is 14.8. The predicted molar refractivity (Wildman–Crippen MR) is 143 cm³/mol. The van der Waals surface area contributed by atoms with Crippen LogP contribution in [0.15, 0.2) is 30.4 Å². The van der Waals surface area contributed by atoms with E-state index in [1.165, 1.54) is 62.1 Å². The Kier molecular flexibility index (Phi) is 7.11. The summed E-state index contributed by atoms with van der Waals surface area (Å²) in [6, 6.07) is 2.39. The zero-order valence-corrected chi connectivity index (χ0v) is 25.3. The van der Waals surface area contributed by atoms with E-state index < -0.39 is 8.07 Å². The number of piperidine rings is 1. The van der Waals surface area contributed by atoms with Gasteiger partial charge in [0.25, 0.3) is 0 Å². The summed E-state index contributed by atoms with van der Waals surface area (Å²) in [5.41, 5.74) is 4.43. The van der Waals surface area contributed by atoms with Crippen LogP contribution in [0.1, 0.15) is 77.2 Å². The van der Waals surface area contributed by atoms with Crippen LogP contribution < -0.4 is 0 Å². The van der Waals surface area contributed by atoms with Gasteiger partial charge in [0.2, 0.25) is 0 Å². The molecule has 0 N–H and O–H groups in total. The number of halogens is 3. The SMILES string of the molecule is CC1=C(Br)P(N2C(C)(C)CCCC2(C)C)C(Br)=CC1(C)c1cc(C)c(C)c(Br)p1. The Morgan fingerprint density at radius 2 is 1.52 bits per heavy atom. The highest BCUT2D eigenvalue weighted by Gasteiger charge is 2.49. The first-order valence-electron chi connectivity index (χ1n) is 10.2. The van der Waals surface area contributed by atoms with Gasteiger partial charge in [0.05, 0.1) is 0 Å². The van der Waals surface area contributed by atoms with Crippen molar-refractivity contribution >= 4 is 64.1 Å². The van der Waals surface area contributed by atoms with E-state index in [4.69, 9.17) is 0 Å². The number of aryl methyl sites for hydroxylation is 1. The lowest BCUT2D eigenvalue weighted by Crippen LogP contribution is -2.55. The minimum atomic E-state index is -0.591. The summed E-state index contributed by atoms with van der Waals surface area (Å²) < 4.78 is 6.81. The molecule has 1 saturated heterocycles. The van der Waals surface area contributed by atoms with E-state index in [1.807, 2.05) is 0 Å². The van der Waals surface area contributed by atoms with Crippen LogP contribution >= 0.6 is 64.1 Å². The maximum atomic E-state index is 4.12. The average Bonchev–Trinajstić information content (AvgIpc) is 2.59. The van der Waals surface area contributed by atoms with Gasteiger partial charge in [-0.2, -0.15) is 0 Å². The molecule has 2 aliphatic heterocycles. The van der Waals surface area contributed by atoms with Crippen LogP contribution in [-0.4, -0.2) is 15.7 Å². The third-order valence-electron chi connectivity index (χ3n) is 6.81. The zero-order chi connectivity index (χ0) is 21.9. The van der Waals surface area contributed by atoms with Crippen LogP contribution in [0.4, 0.5) is 0 Å². The third kappa shape index (κ3) is 4.30. The van der Waals surface area contributed by atoms with Gasteiger partial charge >= 0.3 is 0 Å². The number of nitrogens with zero attached hydrogens (tertiary/aromatic N) is 1. The fraction of sp³-hybridized carbons (Fsp3) is 0.609. The van der Waals surface area contributed by atoms with Crippen LogP contribution in [0.5, 0.6) is 0 Å². The van der Waals surface area contributed by atoms with E-state index in [0.29, 0.717) is 0 Å². The maximum absolute atomic E-state index is 4.12. The van der Waals surface area contributed by atoms with Crippen molar-refractivity contribution in [3.05, 3.63) is 46.8 Å². The first kappa shape index (κ1) is 24.6. The quantitative estimate of drug-likeness (QED) is 0.296. The molecule has 0 radical (unpaired) electrons. The van der Waals surface area contributed by atoms with E-state index in [1.54, 1.807) is 0 Å². The molecule has 2 aliphatic rings. The molecule has 160 valence electrons. The summed E-state index contributed by atoms with van der Waals surface area (Å²) in [6.07, 6.45) is 6.30. The fourth-order valence-corrected chi connectivity index (χ4v) is 13.4. The van der Waals surface area contributed by atoms with Gasteiger partial charge in [0.1, 0.15) is 0 Å². The van der Waals surface area contributed by atoms with E-state index in [0.717, 1.165) is 0 Å². The second-order valence-corrected chi connectivity index (χ2v) is 17.3. The molecule has 0 aromatic carbocycles. The van der Waals surface area contributed by atoms with E-state index in [2.05, 4.69) is 120 Å². The fourth-order valence-electron chi connectivity index (χ4n) is 4.81. The largest absolute Gasteiger partial charge is 0.263 e. The minimum Gasteiger partial charge on any atom is -0.263 e. The van der Waals surface area contributed by atoms with Gasteiger partial charge in [-0.15, -0.1) is 0 Å². The lowest BCUT2D eigenvalue weighted by molar-refractivity contribution is 0.0621. The van der Waals surface area contributed by atoms with Crippen molar-refractivity contribution in [1.82, 2.24) is 4.67 Å². The Hall–Kier alpha value is 0.960. The Morgan fingerprint density at radius 1 is 0.966 bits per heavy atom. The molecule has 1 aromatic heterocycles. The topological polar surface area (TPSA) is 3.24 Å². The lowest BCUT2D eigenvalue weighted by Gasteiger charge is -2.57. The molecule has 0 bridgehead atoms. The number of hydrogen-bond acceptors (Lipinski definition) is 1. The molecule has 0 amide bonds. The van der Waals surface area contributed by atoms with Gasteiger partial charge in [-0.3, -0.25) is 4.67 Å². The maximum Gasteiger partial charge on any atom is 0.0482 e. The second-order valence-electron chi connectivity index (χ2n) is 9.93. The summed E-state index contributed by atoms with van der Waals surface area (Å²) in [5.74, 6) is 0. The van der Waals surface area contributed by atoms with Gasteiger partial charge in [-0.25, -0.2) is 0 Å². The molecule has 0 saturated carbocycles. The summed E-state index contributed by atoms with van der Waals surface area (Å²) in [7, 11) is 0.680. The van der Waals surface area contributed by atoms with Crippen molar-refractivity contribution in [3.63, 3.8) is 0 Å². The van der Waals surface area contributed by atoms with Crippen LogP contribution in [0.25, 0.3) is 0 Å². The van der Waals surface area contributed by atoms with Gasteiger partial charge in [-0.05, 0) is 151 Å². The third-order valence-corrected chi connectivity index (χ3v) is 14.9. The van der Waals surface area contributed by atoms with Crippen LogP contribution in [-0.2, 0) is 5.41 Å². The van der Waals surface area contributed by atoms with Crippen molar-refractivity contribution in [2.24, 2.45) is 0 Å². The van der Waals surface area contributed by atoms with E-state index in [-0.39, 0.29) is 16.5 Å². The standard InChI is InChI=1S/C23H32Br3NP2/c1-14-12-17(28-19(25)15(14)2)23(8)13-18(24)29(20(26)16(23)3)27-21(4,5)10-9-11-22(27,6)7/h12-13H,9-11H2,1-8H3. The minimum absolute atomic E-state index is 0.0941. The smallest absolute Gasteiger partial charge is 0.0482 e. The Bertz CT molecular complexity index is 864. The molecule has 1 aromatic rings. The summed E-state index contributed by atoms with van der Waals surface area (Å²) in [4.78, 5) is 0. The molecular weight excluding hydrogens is 592 g/mol. The molecule has 1 fully saturated rings. The predicted octanol–water partition coefficient (Wildman–Crippen LogP) is 10.2. The molecule has 2 unspecified atom stereocenters. The zero-order valence-electron chi connectivity index (χ0n) is 18.8. The molecule has 1 nitrogen and oxygen atoms in total. The normalized spacial score (nSPS) is 30.0. The van der Waals surface area contributed by atoms with Crippen LogP contribution in [0, 0.1) is 13.8 Å². The lowest BCUT2D eigenvalue weighted by atomic mass is 9.81. The van der Waals surface area contributed by atoms with Gasteiger partial charge in [0.15, 0.2) is 0 Å². The highest BCUT2D eigenvalue weighted by atomic mass is 79.9. The van der Waals surface area contributed by atoms with Crippen molar-refractivity contribution in [3.8, 4) is 0 Å². The highest BCUT2D eigenvalue weighted by Crippen LogP contribution is 2.71. The molecule has 3 rings (SSSR count). The summed E-state index contributed by atoms with van der Waals surface area (Å²) >= 11 is 12.0. The van der Waals surface area contributed by atoms with E-state index in [9.17, 15) is 0 Å². The summed E-state index contributed by atoms with van der Waals surface area (Å²) in [5, 5.41) is 1.44. The van der Waals surface area contributed by atoms with Gasteiger partial charge in [0, 0.05) is 37.2 Å². The van der Waals surface area contributed by atoms with Crippen molar-refractivity contribution in [1.29, 1.82) is 0 Å². The van der Waals surface area contributed by atoms with E-state index >= 15 is 0 Å². The number of hydrogen-bond donors (Lipinski definition) is 0. The van der Waals surface area contributed by atoms with Crippen LogP contribution in [0.3, 0.4) is 0 Å². The number of rotatable bonds is 2. The van der Waals surface area contributed by atoms with Crippen LogP contribution in [0.2, 0.25) is 0 Å². The Labute approximate surface area is 205 Å². The molecule has 2 atom stereocenters. The van der Waals surface area contributed by atoms with Crippen molar-refractivity contribution < 1.29 is 0 Å². The first-order chi connectivity index (χ1) is 13.2. The molecule has 6 heteroatoms. The summed E-state index contributed by atoms with van der Waals surface area (Å²) in [6.45, 7) is 18.8. The molecule has 0 aliphatic carbocycles. The molecule has 3 heterocycles. The Morgan fingerprint density at radius 3 is 2.03 bits per heavy atom. The molecular formula is C23H32Br3NP2. The highest BCUT2D eigenvalue weighted by molar-refractivity contribution is 9.15. The molecule has 0 spiro atoms. The molecule has 29 heavy (non-hydrogen) atoms. The second kappa shape index (κ2) is 8.39.